The van der Waals surface area contributed by atoms with E-state index in [9.17, 15) is 8.42 Å². The Hall–Kier alpha value is -1.66. The Bertz CT molecular complexity index is 772. The maximum absolute atomic E-state index is 12.1. The highest BCUT2D eigenvalue weighted by molar-refractivity contribution is 9.10. The van der Waals surface area contributed by atoms with Crippen LogP contribution in [0.2, 0.25) is 0 Å². The molecule has 0 spiro atoms. The van der Waals surface area contributed by atoms with Crippen molar-refractivity contribution in [3.63, 3.8) is 0 Å². The summed E-state index contributed by atoms with van der Waals surface area (Å²) in [6.07, 6.45) is 0. The highest BCUT2D eigenvalue weighted by Gasteiger charge is 2.12. The zero-order chi connectivity index (χ0) is 15.5. The molecule has 0 aliphatic rings. The van der Waals surface area contributed by atoms with Gasteiger partial charge in [0, 0.05) is 10.0 Å². The lowest BCUT2D eigenvalue weighted by molar-refractivity contribution is 0.584. The highest BCUT2D eigenvalue weighted by Crippen LogP contribution is 2.16. The first-order chi connectivity index (χ1) is 9.90. The van der Waals surface area contributed by atoms with Gasteiger partial charge in [0.15, 0.2) is 0 Å². The van der Waals surface area contributed by atoms with Crippen LogP contribution in [0.1, 0.15) is 18.1 Å². The minimum absolute atomic E-state index is 0.189. The first-order valence-electron chi connectivity index (χ1n) is 6.28. The molecule has 0 saturated heterocycles. The molecule has 0 aliphatic carbocycles. The third kappa shape index (κ3) is 3.92. The molecule has 0 bridgehead atoms. The molecule has 6 heteroatoms. The SMILES string of the molecule is CC(=NNS(=O)(=O)c1ccccc1)c1ccc(Br)cc1C. The fraction of sp³-hybridized carbons (Fsp3) is 0.133. The number of rotatable bonds is 4. The van der Waals surface area contributed by atoms with Gasteiger partial charge in [0.25, 0.3) is 10.0 Å². The van der Waals surface area contributed by atoms with Crippen LogP contribution in [0.4, 0.5) is 0 Å². The van der Waals surface area contributed by atoms with Gasteiger partial charge in [-0.3, -0.25) is 0 Å². The zero-order valence-corrected chi connectivity index (χ0v) is 14.1. The van der Waals surface area contributed by atoms with E-state index < -0.39 is 10.0 Å². The summed E-state index contributed by atoms with van der Waals surface area (Å²) in [5.41, 5.74) is 2.53. The van der Waals surface area contributed by atoms with Gasteiger partial charge in [0.05, 0.1) is 10.6 Å². The largest absolute Gasteiger partial charge is 0.276 e. The fourth-order valence-corrected chi connectivity index (χ4v) is 3.23. The standard InChI is InChI=1S/C15H15BrN2O2S/c1-11-10-13(16)8-9-15(11)12(2)17-18-21(19,20)14-6-4-3-5-7-14/h3-10,18H,1-2H3. The van der Waals surface area contributed by atoms with Crippen LogP contribution in [0.15, 0.2) is 63.0 Å². The number of benzene rings is 2. The van der Waals surface area contributed by atoms with E-state index in [0.717, 1.165) is 15.6 Å². The second-order valence-electron chi connectivity index (χ2n) is 4.56. The monoisotopic (exact) mass is 366 g/mol. The topological polar surface area (TPSA) is 58.5 Å². The van der Waals surface area contributed by atoms with Crippen molar-refractivity contribution in [2.45, 2.75) is 18.7 Å². The van der Waals surface area contributed by atoms with Gasteiger partial charge in [-0.15, -0.1) is 0 Å². The molecule has 2 aromatic rings. The Balaban J connectivity index is 2.24. The summed E-state index contributed by atoms with van der Waals surface area (Å²) in [6.45, 7) is 3.72. The van der Waals surface area contributed by atoms with Crippen LogP contribution in [0.3, 0.4) is 0 Å². The zero-order valence-electron chi connectivity index (χ0n) is 11.7. The van der Waals surface area contributed by atoms with Crippen LogP contribution in [0.5, 0.6) is 0 Å². The van der Waals surface area contributed by atoms with E-state index in [1.807, 2.05) is 25.1 Å². The molecule has 0 fully saturated rings. The summed E-state index contributed by atoms with van der Waals surface area (Å²) in [4.78, 5) is 2.45. The molecule has 2 rings (SSSR count). The van der Waals surface area contributed by atoms with E-state index in [-0.39, 0.29) is 4.90 Å². The van der Waals surface area contributed by atoms with Crippen molar-refractivity contribution in [1.29, 1.82) is 0 Å². The Kier molecular flexibility index (Phi) is 4.80. The molecule has 0 unspecified atom stereocenters. The number of hydrogen-bond acceptors (Lipinski definition) is 3. The number of sulfonamides is 1. The lowest BCUT2D eigenvalue weighted by Crippen LogP contribution is -2.20. The van der Waals surface area contributed by atoms with Crippen LogP contribution in [0.25, 0.3) is 0 Å². The smallest absolute Gasteiger partial charge is 0.200 e. The lowest BCUT2D eigenvalue weighted by atomic mass is 10.1. The first kappa shape index (κ1) is 15.7. The average molecular weight is 367 g/mol. The molecule has 0 heterocycles. The van der Waals surface area contributed by atoms with E-state index in [1.54, 1.807) is 25.1 Å². The molecule has 0 amide bonds. The van der Waals surface area contributed by atoms with Crippen molar-refractivity contribution < 1.29 is 8.42 Å². The van der Waals surface area contributed by atoms with Gasteiger partial charge in [0.2, 0.25) is 0 Å². The molecule has 21 heavy (non-hydrogen) atoms. The molecule has 0 aliphatic heterocycles. The number of halogens is 1. The highest BCUT2D eigenvalue weighted by atomic mass is 79.9. The van der Waals surface area contributed by atoms with Gasteiger partial charge in [-0.2, -0.15) is 18.4 Å². The summed E-state index contributed by atoms with van der Waals surface area (Å²) in [5, 5.41) is 4.00. The van der Waals surface area contributed by atoms with Crippen molar-refractivity contribution in [2.75, 3.05) is 0 Å². The van der Waals surface area contributed by atoms with Crippen molar-refractivity contribution in [3.8, 4) is 0 Å². The quantitative estimate of drug-likeness (QED) is 0.665. The molecule has 0 atom stereocenters. The molecule has 110 valence electrons. The molecule has 0 radical (unpaired) electrons. The molecule has 1 N–H and O–H groups in total. The summed E-state index contributed by atoms with van der Waals surface area (Å²) >= 11 is 3.40. The van der Waals surface area contributed by atoms with Gasteiger partial charge in [-0.25, -0.2) is 0 Å². The number of nitrogens with one attached hydrogen (secondary N) is 1. The fourth-order valence-electron chi connectivity index (χ4n) is 1.87. The summed E-state index contributed by atoms with van der Waals surface area (Å²) in [5.74, 6) is 0. The molecule has 4 nitrogen and oxygen atoms in total. The van der Waals surface area contributed by atoms with Crippen molar-refractivity contribution in [2.24, 2.45) is 5.10 Å². The predicted octanol–water partition coefficient (Wildman–Crippen LogP) is 3.46. The van der Waals surface area contributed by atoms with Crippen LogP contribution < -0.4 is 4.83 Å². The third-order valence-electron chi connectivity index (χ3n) is 2.97. The molecule has 0 saturated carbocycles. The van der Waals surface area contributed by atoms with E-state index >= 15 is 0 Å². The maximum atomic E-state index is 12.1. The van der Waals surface area contributed by atoms with Crippen molar-refractivity contribution >= 4 is 31.7 Å². The lowest BCUT2D eigenvalue weighted by Gasteiger charge is -2.07. The van der Waals surface area contributed by atoms with Crippen LogP contribution in [-0.2, 0) is 10.0 Å². The van der Waals surface area contributed by atoms with Gasteiger partial charge in [0.1, 0.15) is 0 Å². The van der Waals surface area contributed by atoms with E-state index in [0.29, 0.717) is 5.71 Å². The minimum Gasteiger partial charge on any atom is -0.200 e. The number of aryl methyl sites for hydroxylation is 1. The summed E-state index contributed by atoms with van der Waals surface area (Å²) in [6, 6.07) is 13.9. The Morgan fingerprint density at radius 1 is 1.14 bits per heavy atom. The molecular weight excluding hydrogens is 352 g/mol. The van der Waals surface area contributed by atoms with Gasteiger partial charge in [-0.1, -0.05) is 40.2 Å². The summed E-state index contributed by atoms with van der Waals surface area (Å²) in [7, 11) is -3.63. The normalized spacial score (nSPS) is 12.2. The van der Waals surface area contributed by atoms with Crippen molar-refractivity contribution in [3.05, 3.63) is 64.1 Å². The van der Waals surface area contributed by atoms with Crippen LogP contribution >= 0.6 is 15.9 Å². The van der Waals surface area contributed by atoms with Crippen LogP contribution in [-0.4, -0.2) is 14.1 Å². The molecule has 2 aromatic carbocycles. The molecule has 0 aromatic heterocycles. The third-order valence-corrected chi connectivity index (χ3v) is 4.68. The number of hydrogen-bond donors (Lipinski definition) is 1. The van der Waals surface area contributed by atoms with Gasteiger partial charge < -0.3 is 0 Å². The maximum Gasteiger partial charge on any atom is 0.276 e. The van der Waals surface area contributed by atoms with Gasteiger partial charge in [-0.05, 0) is 43.7 Å². The Morgan fingerprint density at radius 2 is 1.81 bits per heavy atom. The van der Waals surface area contributed by atoms with Gasteiger partial charge >= 0.3 is 0 Å². The van der Waals surface area contributed by atoms with Crippen molar-refractivity contribution in [1.82, 2.24) is 4.83 Å². The van der Waals surface area contributed by atoms with Crippen LogP contribution in [0, 0.1) is 6.92 Å². The second-order valence-corrected chi connectivity index (χ2v) is 7.14. The van der Waals surface area contributed by atoms with E-state index in [2.05, 4.69) is 25.9 Å². The summed E-state index contributed by atoms with van der Waals surface area (Å²) < 4.78 is 25.1. The minimum atomic E-state index is -3.63. The average Bonchev–Trinajstić information content (AvgIpc) is 2.46. The Morgan fingerprint density at radius 3 is 2.43 bits per heavy atom. The second kappa shape index (κ2) is 6.41. The van der Waals surface area contributed by atoms with E-state index in [4.69, 9.17) is 0 Å². The molecular formula is C15H15BrN2O2S. The number of hydrazone groups is 1. The predicted molar refractivity (Wildman–Crippen MR) is 87.9 cm³/mol. The first-order valence-corrected chi connectivity index (χ1v) is 8.55. The Labute approximate surface area is 133 Å². The number of nitrogens with zero attached hydrogens (tertiary/aromatic N) is 1. The van der Waals surface area contributed by atoms with E-state index in [1.165, 1.54) is 12.1 Å².